The molecular weight excluding hydrogens is 358 g/mol. The molecule has 2 heterocycles. The van der Waals surface area contributed by atoms with E-state index < -0.39 is 5.97 Å². The highest BCUT2D eigenvalue weighted by Crippen LogP contribution is 2.30. The van der Waals surface area contributed by atoms with Crippen LogP contribution in [0.3, 0.4) is 0 Å². The van der Waals surface area contributed by atoms with E-state index in [1.54, 1.807) is 42.3 Å². The molecular formula is C21H19N3O4. The van der Waals surface area contributed by atoms with E-state index in [-0.39, 0.29) is 17.9 Å². The molecule has 0 unspecified atom stereocenters. The number of amides is 1. The normalized spacial score (nSPS) is 12.9. The molecule has 0 fully saturated rings. The van der Waals surface area contributed by atoms with Gasteiger partial charge >= 0.3 is 5.97 Å². The number of aromatic nitrogens is 2. The molecule has 2 aromatic carbocycles. The Bertz CT molecular complexity index is 1170. The minimum atomic E-state index is -0.395. The van der Waals surface area contributed by atoms with Crippen LogP contribution >= 0.6 is 0 Å². The molecule has 4 rings (SSSR count). The molecule has 0 saturated carbocycles. The average Bonchev–Trinajstić information content (AvgIpc) is 3.14. The highest BCUT2D eigenvalue weighted by atomic mass is 16.5. The number of benzene rings is 2. The molecule has 0 saturated heterocycles. The van der Waals surface area contributed by atoms with Crippen LogP contribution in [0.25, 0.3) is 10.8 Å². The SMILES string of the molecule is COC(=O)c1ccc2c(c1)CCN2C(=O)Cc1nn(C)c(=O)c2ccccc12. The summed E-state index contributed by atoms with van der Waals surface area (Å²) in [4.78, 5) is 38.7. The van der Waals surface area contributed by atoms with Crippen molar-refractivity contribution in [3.05, 3.63) is 69.6 Å². The van der Waals surface area contributed by atoms with Crippen LogP contribution in [0.2, 0.25) is 0 Å². The molecule has 0 radical (unpaired) electrons. The predicted molar refractivity (Wildman–Crippen MR) is 105 cm³/mol. The largest absolute Gasteiger partial charge is 0.465 e. The van der Waals surface area contributed by atoms with Crippen LogP contribution in [0.15, 0.2) is 47.3 Å². The molecule has 1 aliphatic rings. The van der Waals surface area contributed by atoms with Gasteiger partial charge in [0, 0.05) is 24.7 Å². The maximum atomic E-state index is 13.0. The number of nitrogens with zero attached hydrogens (tertiary/aromatic N) is 3. The second kappa shape index (κ2) is 6.92. The maximum Gasteiger partial charge on any atom is 0.337 e. The van der Waals surface area contributed by atoms with Gasteiger partial charge in [-0.2, -0.15) is 5.10 Å². The molecule has 142 valence electrons. The summed E-state index contributed by atoms with van der Waals surface area (Å²) in [6, 6.07) is 12.4. The lowest BCUT2D eigenvalue weighted by atomic mass is 10.1. The molecule has 7 nitrogen and oxygen atoms in total. The molecule has 1 amide bonds. The van der Waals surface area contributed by atoms with E-state index in [4.69, 9.17) is 4.74 Å². The van der Waals surface area contributed by atoms with Gasteiger partial charge in [0.2, 0.25) is 5.91 Å². The Kier molecular flexibility index (Phi) is 4.43. The Morgan fingerprint density at radius 3 is 2.64 bits per heavy atom. The monoisotopic (exact) mass is 377 g/mol. The van der Waals surface area contributed by atoms with Crippen molar-refractivity contribution in [2.24, 2.45) is 7.05 Å². The van der Waals surface area contributed by atoms with Crippen molar-refractivity contribution >= 4 is 28.3 Å². The zero-order valence-corrected chi connectivity index (χ0v) is 15.6. The first kappa shape index (κ1) is 17.9. The van der Waals surface area contributed by atoms with Crippen molar-refractivity contribution in [3.8, 4) is 0 Å². The van der Waals surface area contributed by atoms with Crippen molar-refractivity contribution in [2.75, 3.05) is 18.6 Å². The van der Waals surface area contributed by atoms with Gasteiger partial charge in [-0.05, 0) is 36.2 Å². The summed E-state index contributed by atoms with van der Waals surface area (Å²) in [5.41, 5.74) is 2.60. The van der Waals surface area contributed by atoms with E-state index in [1.165, 1.54) is 11.8 Å². The van der Waals surface area contributed by atoms with Gasteiger partial charge in [-0.1, -0.05) is 18.2 Å². The lowest BCUT2D eigenvalue weighted by Crippen LogP contribution is -2.31. The topological polar surface area (TPSA) is 81.5 Å². The minimum absolute atomic E-state index is 0.0901. The van der Waals surface area contributed by atoms with Crippen molar-refractivity contribution in [1.82, 2.24) is 9.78 Å². The molecule has 0 spiro atoms. The number of methoxy groups -OCH3 is 1. The summed E-state index contributed by atoms with van der Waals surface area (Å²) in [5.74, 6) is -0.491. The van der Waals surface area contributed by atoms with E-state index in [0.717, 1.165) is 11.3 Å². The van der Waals surface area contributed by atoms with Crippen molar-refractivity contribution < 1.29 is 14.3 Å². The van der Waals surface area contributed by atoms with E-state index in [2.05, 4.69) is 5.10 Å². The number of fused-ring (bicyclic) bond motifs is 2. The summed E-state index contributed by atoms with van der Waals surface area (Å²) in [7, 11) is 2.93. The number of aryl methyl sites for hydroxylation is 1. The molecule has 3 aromatic rings. The average molecular weight is 377 g/mol. The summed E-state index contributed by atoms with van der Waals surface area (Å²) < 4.78 is 6.02. The van der Waals surface area contributed by atoms with Crippen LogP contribution < -0.4 is 10.5 Å². The smallest absolute Gasteiger partial charge is 0.337 e. The number of ether oxygens (including phenoxy) is 1. The highest BCUT2D eigenvalue weighted by Gasteiger charge is 2.26. The van der Waals surface area contributed by atoms with Crippen LogP contribution in [0.4, 0.5) is 5.69 Å². The van der Waals surface area contributed by atoms with Gasteiger partial charge in [0.05, 0.1) is 30.2 Å². The second-order valence-corrected chi connectivity index (χ2v) is 6.73. The van der Waals surface area contributed by atoms with Gasteiger partial charge in [-0.25, -0.2) is 9.48 Å². The van der Waals surface area contributed by atoms with Crippen LogP contribution in [-0.4, -0.2) is 35.3 Å². The lowest BCUT2D eigenvalue weighted by molar-refractivity contribution is -0.117. The number of carbonyl (C=O) groups is 2. The van der Waals surface area contributed by atoms with Crippen molar-refractivity contribution in [2.45, 2.75) is 12.8 Å². The lowest BCUT2D eigenvalue weighted by Gasteiger charge is -2.18. The Hall–Kier alpha value is -3.48. The third kappa shape index (κ3) is 2.94. The fourth-order valence-electron chi connectivity index (χ4n) is 3.65. The standard InChI is InChI=1S/C21H19N3O4/c1-23-20(26)16-6-4-3-5-15(16)17(22-23)12-19(25)24-10-9-13-11-14(21(27)28-2)7-8-18(13)24/h3-8,11H,9-10,12H2,1-2H3. The van der Waals surface area contributed by atoms with Crippen molar-refractivity contribution in [3.63, 3.8) is 0 Å². The second-order valence-electron chi connectivity index (χ2n) is 6.73. The molecule has 0 bridgehead atoms. The third-order valence-corrected chi connectivity index (χ3v) is 5.05. The first-order valence-corrected chi connectivity index (χ1v) is 8.96. The van der Waals surface area contributed by atoms with Crippen LogP contribution in [0, 0.1) is 0 Å². The Labute approximate surface area is 161 Å². The Morgan fingerprint density at radius 1 is 1.14 bits per heavy atom. The quantitative estimate of drug-likeness (QED) is 0.651. The van der Waals surface area contributed by atoms with Crippen molar-refractivity contribution in [1.29, 1.82) is 0 Å². The predicted octanol–water partition coefficient (Wildman–Crippen LogP) is 1.85. The molecule has 0 N–H and O–H groups in total. The molecule has 1 aliphatic heterocycles. The molecule has 0 atom stereocenters. The molecule has 1 aromatic heterocycles. The first-order valence-electron chi connectivity index (χ1n) is 8.96. The number of esters is 1. The fraction of sp³-hybridized carbons (Fsp3) is 0.238. The zero-order chi connectivity index (χ0) is 19.8. The summed E-state index contributed by atoms with van der Waals surface area (Å²) >= 11 is 0. The number of hydrogen-bond donors (Lipinski definition) is 0. The van der Waals surface area contributed by atoms with Gasteiger partial charge in [-0.15, -0.1) is 0 Å². The van der Waals surface area contributed by atoms with E-state index in [1.807, 2.05) is 12.1 Å². The molecule has 0 aliphatic carbocycles. The zero-order valence-electron chi connectivity index (χ0n) is 15.6. The Balaban J connectivity index is 1.65. The maximum absolute atomic E-state index is 13.0. The van der Waals surface area contributed by atoms with Crippen LogP contribution in [-0.2, 0) is 29.4 Å². The number of rotatable bonds is 3. The van der Waals surface area contributed by atoms with E-state index in [0.29, 0.717) is 35.0 Å². The minimum Gasteiger partial charge on any atom is -0.465 e. The fourth-order valence-corrected chi connectivity index (χ4v) is 3.65. The van der Waals surface area contributed by atoms with Gasteiger partial charge in [-0.3, -0.25) is 9.59 Å². The summed E-state index contributed by atoms with van der Waals surface area (Å²) in [6.07, 6.45) is 0.764. The number of hydrogen-bond acceptors (Lipinski definition) is 5. The van der Waals surface area contributed by atoms with Gasteiger partial charge in [0.1, 0.15) is 0 Å². The van der Waals surface area contributed by atoms with E-state index in [9.17, 15) is 14.4 Å². The van der Waals surface area contributed by atoms with Crippen LogP contribution in [0.5, 0.6) is 0 Å². The third-order valence-electron chi connectivity index (χ3n) is 5.05. The number of carbonyl (C=O) groups excluding carboxylic acids is 2. The first-order chi connectivity index (χ1) is 13.5. The van der Waals surface area contributed by atoms with Gasteiger partial charge in [0.25, 0.3) is 5.56 Å². The molecule has 7 heteroatoms. The van der Waals surface area contributed by atoms with E-state index >= 15 is 0 Å². The summed E-state index contributed by atoms with van der Waals surface area (Å²) in [5, 5.41) is 5.55. The number of anilines is 1. The van der Waals surface area contributed by atoms with Gasteiger partial charge in [0.15, 0.2) is 0 Å². The Morgan fingerprint density at radius 2 is 1.89 bits per heavy atom. The van der Waals surface area contributed by atoms with Crippen LogP contribution in [0.1, 0.15) is 21.6 Å². The summed E-state index contributed by atoms with van der Waals surface area (Å²) in [6.45, 7) is 0.544. The highest BCUT2D eigenvalue weighted by molar-refractivity contribution is 5.99. The molecule has 28 heavy (non-hydrogen) atoms. The van der Waals surface area contributed by atoms with Gasteiger partial charge < -0.3 is 9.64 Å².